The molecule has 1 aromatic carbocycles. The van der Waals surface area contributed by atoms with Gasteiger partial charge in [-0.1, -0.05) is 17.3 Å². The maximum Gasteiger partial charge on any atom is 0.323 e. The van der Waals surface area contributed by atoms with Gasteiger partial charge in [0.25, 0.3) is 5.91 Å². The van der Waals surface area contributed by atoms with Crippen LogP contribution < -0.4 is 0 Å². The van der Waals surface area contributed by atoms with Crippen LogP contribution in [0.3, 0.4) is 0 Å². The molecule has 0 radical (unpaired) electrons. The molecule has 2 rings (SSSR count). The van der Waals surface area contributed by atoms with E-state index in [4.69, 9.17) is 9.63 Å². The van der Waals surface area contributed by atoms with Gasteiger partial charge in [-0.25, -0.2) is 0 Å². The first kappa shape index (κ1) is 17.1. The number of carbonyl (C=O) groups excluding carboxylic acids is 1. The Morgan fingerprint density at radius 3 is 2.61 bits per heavy atom. The lowest BCUT2D eigenvalue weighted by atomic mass is 10.2. The Morgan fingerprint density at radius 2 is 2.00 bits per heavy atom. The van der Waals surface area contributed by atoms with Crippen molar-refractivity contribution in [1.29, 1.82) is 0 Å². The lowest BCUT2D eigenvalue weighted by Crippen LogP contribution is -2.32. The molecule has 0 saturated carbocycles. The van der Waals surface area contributed by atoms with Crippen molar-refractivity contribution in [2.45, 2.75) is 24.5 Å². The van der Waals surface area contributed by atoms with E-state index in [1.54, 1.807) is 12.1 Å². The molecular weight excluding hydrogens is 316 g/mol. The summed E-state index contributed by atoms with van der Waals surface area (Å²) in [6.45, 7) is 3.40. The zero-order chi connectivity index (χ0) is 17.0. The Hall–Kier alpha value is -2.28. The number of nitrogens with zero attached hydrogens (tertiary/aromatic N) is 2. The van der Waals surface area contributed by atoms with Gasteiger partial charge in [-0.3, -0.25) is 9.59 Å². The fourth-order valence-electron chi connectivity index (χ4n) is 2.11. The molecule has 1 aromatic heterocycles. The van der Waals surface area contributed by atoms with Crippen LogP contribution in [0.2, 0.25) is 0 Å². The summed E-state index contributed by atoms with van der Waals surface area (Å²) in [5.74, 6) is 0.0476. The predicted molar refractivity (Wildman–Crippen MR) is 86.6 cm³/mol. The van der Waals surface area contributed by atoms with Gasteiger partial charge in [0.05, 0.1) is 11.3 Å². The third kappa shape index (κ3) is 4.13. The van der Waals surface area contributed by atoms with Crippen molar-refractivity contribution in [3.8, 4) is 0 Å². The van der Waals surface area contributed by atoms with E-state index in [-0.39, 0.29) is 12.5 Å². The Labute approximate surface area is 138 Å². The van der Waals surface area contributed by atoms with Crippen molar-refractivity contribution < 1.29 is 19.2 Å². The Balaban J connectivity index is 2.17. The van der Waals surface area contributed by atoms with E-state index in [0.717, 1.165) is 21.9 Å². The number of hydrogen-bond donors (Lipinski definition) is 1. The number of thioether (sulfide) groups is 1. The first-order valence-electron chi connectivity index (χ1n) is 7.01. The van der Waals surface area contributed by atoms with Gasteiger partial charge in [0.1, 0.15) is 12.3 Å². The highest BCUT2D eigenvalue weighted by Crippen LogP contribution is 2.29. The third-order valence-electron chi connectivity index (χ3n) is 3.39. The fraction of sp³-hybridized carbons (Fsp3) is 0.312. The second kappa shape index (κ2) is 7.32. The van der Waals surface area contributed by atoms with Crippen molar-refractivity contribution in [1.82, 2.24) is 10.1 Å². The summed E-state index contributed by atoms with van der Waals surface area (Å²) < 4.78 is 5.14. The van der Waals surface area contributed by atoms with Crippen molar-refractivity contribution in [2.24, 2.45) is 0 Å². The maximum absolute atomic E-state index is 12.4. The highest BCUT2D eigenvalue weighted by molar-refractivity contribution is 7.98. The molecule has 23 heavy (non-hydrogen) atoms. The third-order valence-corrected chi connectivity index (χ3v) is 4.49. The Kier molecular flexibility index (Phi) is 5.44. The fourth-order valence-corrected chi connectivity index (χ4v) is 3.31. The first-order valence-corrected chi connectivity index (χ1v) is 7.99. The number of aromatic nitrogens is 1. The van der Waals surface area contributed by atoms with Gasteiger partial charge in [-0.2, -0.15) is 0 Å². The molecule has 0 unspecified atom stereocenters. The average molecular weight is 334 g/mol. The second-order valence-corrected chi connectivity index (χ2v) is 6.16. The van der Waals surface area contributed by atoms with Gasteiger partial charge < -0.3 is 14.5 Å². The molecule has 0 fully saturated rings. The molecule has 0 aliphatic carbocycles. The minimum atomic E-state index is -1.04. The average Bonchev–Trinajstić information content (AvgIpc) is 2.83. The smallest absolute Gasteiger partial charge is 0.323 e. The molecule has 0 saturated heterocycles. The van der Waals surface area contributed by atoms with Crippen LogP contribution in [0.25, 0.3) is 0 Å². The topological polar surface area (TPSA) is 83.6 Å². The molecule has 6 nitrogen and oxygen atoms in total. The van der Waals surface area contributed by atoms with Gasteiger partial charge >= 0.3 is 5.97 Å². The van der Waals surface area contributed by atoms with Crippen molar-refractivity contribution >= 4 is 23.6 Å². The summed E-state index contributed by atoms with van der Waals surface area (Å²) in [6, 6.07) is 7.17. The zero-order valence-electron chi connectivity index (χ0n) is 13.2. The van der Waals surface area contributed by atoms with Crippen LogP contribution in [0.1, 0.15) is 27.4 Å². The summed E-state index contributed by atoms with van der Waals surface area (Å²) >= 11 is 1.50. The number of carboxylic acid groups (broad SMARTS) is 1. The van der Waals surface area contributed by atoms with Gasteiger partial charge in [0.15, 0.2) is 0 Å². The molecule has 1 N–H and O–H groups in total. The van der Waals surface area contributed by atoms with Gasteiger partial charge in [-0.05, 0) is 26.0 Å². The van der Waals surface area contributed by atoms with Crippen LogP contribution in [-0.2, 0) is 10.5 Å². The Morgan fingerprint density at radius 1 is 1.30 bits per heavy atom. The van der Waals surface area contributed by atoms with Crippen molar-refractivity contribution in [2.75, 3.05) is 13.6 Å². The van der Waals surface area contributed by atoms with E-state index in [2.05, 4.69) is 5.16 Å². The number of carbonyl (C=O) groups is 2. The van der Waals surface area contributed by atoms with Gasteiger partial charge in [-0.15, -0.1) is 11.8 Å². The zero-order valence-corrected chi connectivity index (χ0v) is 14.0. The molecule has 7 heteroatoms. The standard InChI is InChI=1S/C16H18N2O4S/c1-10-13(11(2)22-17-10)9-23-14-7-5-4-6-12(14)16(21)18(3)8-15(19)20/h4-7H,8-9H2,1-3H3,(H,19,20). The van der Waals surface area contributed by atoms with E-state index in [1.807, 2.05) is 26.0 Å². The number of aryl methyl sites for hydroxylation is 2. The van der Waals surface area contributed by atoms with Crippen molar-refractivity contribution in [3.63, 3.8) is 0 Å². The van der Waals surface area contributed by atoms with Crippen LogP contribution >= 0.6 is 11.8 Å². The Bertz CT molecular complexity index is 707. The molecule has 0 atom stereocenters. The van der Waals surface area contributed by atoms with Gasteiger partial charge in [0.2, 0.25) is 0 Å². The van der Waals surface area contributed by atoms with Crippen LogP contribution in [0.5, 0.6) is 0 Å². The number of likely N-dealkylation sites (N-methyl/N-ethyl adjacent to an activating group) is 1. The quantitative estimate of drug-likeness (QED) is 0.818. The number of aliphatic carboxylic acids is 1. The molecule has 122 valence electrons. The highest BCUT2D eigenvalue weighted by atomic mass is 32.2. The van der Waals surface area contributed by atoms with Crippen LogP contribution in [-0.4, -0.2) is 40.6 Å². The van der Waals surface area contributed by atoms with Crippen LogP contribution in [0.4, 0.5) is 0 Å². The SMILES string of the molecule is Cc1noc(C)c1CSc1ccccc1C(=O)N(C)CC(=O)O. The lowest BCUT2D eigenvalue weighted by molar-refractivity contribution is -0.137. The lowest BCUT2D eigenvalue weighted by Gasteiger charge is -2.16. The summed E-state index contributed by atoms with van der Waals surface area (Å²) in [6.07, 6.45) is 0. The van der Waals surface area contributed by atoms with E-state index in [9.17, 15) is 9.59 Å². The van der Waals surface area contributed by atoms with E-state index in [1.165, 1.54) is 23.7 Å². The summed E-state index contributed by atoms with van der Waals surface area (Å²) in [7, 11) is 1.48. The number of benzene rings is 1. The number of rotatable bonds is 6. The van der Waals surface area contributed by atoms with Crippen molar-refractivity contribution in [3.05, 3.63) is 46.8 Å². The number of carboxylic acids is 1. The van der Waals surface area contributed by atoms with E-state index in [0.29, 0.717) is 11.3 Å². The minimum Gasteiger partial charge on any atom is -0.480 e. The van der Waals surface area contributed by atoms with Crippen LogP contribution in [0, 0.1) is 13.8 Å². The van der Waals surface area contributed by atoms with Crippen LogP contribution in [0.15, 0.2) is 33.7 Å². The molecule has 0 aliphatic rings. The maximum atomic E-state index is 12.4. The monoisotopic (exact) mass is 334 g/mol. The molecule has 0 spiro atoms. The van der Waals surface area contributed by atoms with E-state index >= 15 is 0 Å². The first-order chi connectivity index (χ1) is 10.9. The molecule has 0 aliphatic heterocycles. The summed E-state index contributed by atoms with van der Waals surface area (Å²) in [5, 5.41) is 12.7. The molecule has 0 bridgehead atoms. The largest absolute Gasteiger partial charge is 0.480 e. The number of amides is 1. The normalized spacial score (nSPS) is 10.6. The highest BCUT2D eigenvalue weighted by Gasteiger charge is 2.18. The van der Waals surface area contributed by atoms with Gasteiger partial charge in [0, 0.05) is 23.3 Å². The molecule has 2 aromatic rings. The van der Waals surface area contributed by atoms with E-state index < -0.39 is 5.97 Å². The minimum absolute atomic E-state index is 0.311. The second-order valence-electron chi connectivity index (χ2n) is 5.14. The summed E-state index contributed by atoms with van der Waals surface area (Å²) in [4.78, 5) is 25.2. The molecular formula is C16H18N2O4S. The molecule has 1 amide bonds. The molecule has 1 heterocycles. The summed E-state index contributed by atoms with van der Waals surface area (Å²) in [5.41, 5.74) is 2.34. The predicted octanol–water partition coefficient (Wildman–Crippen LogP) is 2.74. The number of hydrogen-bond acceptors (Lipinski definition) is 5.